The van der Waals surface area contributed by atoms with Gasteiger partial charge < -0.3 is 0 Å². The Hall–Kier alpha value is -1.73. The van der Waals surface area contributed by atoms with Crippen LogP contribution in [-0.4, -0.2) is 4.92 Å². The highest BCUT2D eigenvalue weighted by Crippen LogP contribution is 2.39. The molecule has 0 aliphatic rings. The molecular weight excluding hydrogens is 273 g/mol. The number of halogens is 5. The third-order valence-corrected chi connectivity index (χ3v) is 1.54. The molecule has 0 atom stereocenters. The lowest BCUT2D eigenvalue weighted by molar-refractivity contribution is -0.391. The number of alkyl halides is 3. The van der Waals surface area contributed by atoms with Crippen molar-refractivity contribution in [1.29, 1.82) is 0 Å². The fraction of sp³-hybridized carbons (Fsp3) is 0.455. The van der Waals surface area contributed by atoms with Gasteiger partial charge in [-0.3, -0.25) is 10.1 Å². The van der Waals surface area contributed by atoms with Gasteiger partial charge in [0.25, 0.3) is 0 Å². The molecule has 0 heterocycles. The highest BCUT2D eigenvalue weighted by molar-refractivity contribution is 5.44. The van der Waals surface area contributed by atoms with Gasteiger partial charge in [-0.1, -0.05) is 27.7 Å². The molecule has 0 aliphatic heterocycles. The van der Waals surface area contributed by atoms with Gasteiger partial charge in [-0.2, -0.15) is 17.6 Å². The van der Waals surface area contributed by atoms with Gasteiger partial charge in [-0.05, 0) is 12.1 Å². The Morgan fingerprint density at radius 1 is 1.00 bits per heavy atom. The van der Waals surface area contributed by atoms with Crippen molar-refractivity contribution in [2.45, 2.75) is 33.9 Å². The molecule has 0 fully saturated rings. The smallest absolute Gasteiger partial charge is 0.258 e. The second-order valence-electron chi connectivity index (χ2n) is 2.51. The van der Waals surface area contributed by atoms with Crippen LogP contribution in [0.25, 0.3) is 0 Å². The molecule has 1 rings (SSSR count). The number of nitrogens with zero attached hydrogens (tertiary/aromatic N) is 1. The van der Waals surface area contributed by atoms with Crippen molar-refractivity contribution in [2.24, 2.45) is 0 Å². The van der Waals surface area contributed by atoms with Gasteiger partial charge in [-0.15, -0.1) is 0 Å². The van der Waals surface area contributed by atoms with E-state index in [9.17, 15) is 32.1 Å². The van der Waals surface area contributed by atoms with Crippen LogP contribution < -0.4 is 0 Å². The minimum absolute atomic E-state index is 0.186. The Morgan fingerprint density at radius 3 is 1.63 bits per heavy atom. The molecule has 1 aromatic carbocycles. The first kappa shape index (κ1) is 19.6. The molecule has 8 heteroatoms. The van der Waals surface area contributed by atoms with Crippen LogP contribution in [0, 0.1) is 21.7 Å². The number of nitro benzene ring substituents is 1. The molecule has 0 unspecified atom stereocenters. The van der Waals surface area contributed by atoms with Gasteiger partial charge in [0, 0.05) is 0 Å². The number of rotatable bonds is 1. The van der Waals surface area contributed by atoms with Crippen molar-refractivity contribution in [3.8, 4) is 0 Å². The quantitative estimate of drug-likeness (QED) is 0.417. The van der Waals surface area contributed by atoms with Crippen LogP contribution in [0.15, 0.2) is 12.1 Å². The van der Waals surface area contributed by atoms with E-state index in [0.717, 1.165) is 0 Å². The largest absolute Gasteiger partial charge is 0.425 e. The minimum Gasteiger partial charge on any atom is -0.258 e. The fourth-order valence-corrected chi connectivity index (χ4v) is 0.989. The molecular formula is C11H14F5NO2. The standard InChI is InChI=1S/C7H2F5NO2.2C2H6/c8-3-1-2-4(9)6(13(14)15)5(3)7(10,11)12;2*1-2/h1-2H;2*1-2H3. The molecule has 0 spiro atoms. The number of hydrogen-bond acceptors (Lipinski definition) is 2. The first-order valence-electron chi connectivity index (χ1n) is 5.44. The van der Waals surface area contributed by atoms with E-state index >= 15 is 0 Å². The molecule has 0 bridgehead atoms. The monoisotopic (exact) mass is 287 g/mol. The van der Waals surface area contributed by atoms with Crippen molar-refractivity contribution < 1.29 is 26.9 Å². The van der Waals surface area contributed by atoms with E-state index in [1.807, 2.05) is 27.7 Å². The predicted octanol–water partition coefficient (Wildman–Crippen LogP) is 4.94. The summed E-state index contributed by atoms with van der Waals surface area (Å²) in [5.74, 6) is -3.61. The zero-order valence-corrected chi connectivity index (χ0v) is 10.8. The van der Waals surface area contributed by atoms with E-state index in [1.54, 1.807) is 0 Å². The van der Waals surface area contributed by atoms with Gasteiger partial charge in [-0.25, -0.2) is 4.39 Å². The normalized spacial score (nSPS) is 9.74. The summed E-state index contributed by atoms with van der Waals surface area (Å²) in [7, 11) is 0. The van der Waals surface area contributed by atoms with Crippen LogP contribution in [0.3, 0.4) is 0 Å². The summed E-state index contributed by atoms with van der Waals surface area (Å²) in [4.78, 5) is 8.53. The number of benzene rings is 1. The van der Waals surface area contributed by atoms with Crippen molar-refractivity contribution in [1.82, 2.24) is 0 Å². The molecule has 110 valence electrons. The number of hydrogen-bond donors (Lipinski definition) is 0. The summed E-state index contributed by atoms with van der Waals surface area (Å²) in [6.45, 7) is 8.00. The van der Waals surface area contributed by atoms with E-state index in [2.05, 4.69) is 0 Å². The Bertz CT molecular complexity index is 418. The highest BCUT2D eigenvalue weighted by atomic mass is 19.4. The summed E-state index contributed by atoms with van der Waals surface area (Å²) in [5, 5.41) is 10.1. The fourth-order valence-electron chi connectivity index (χ4n) is 0.989. The van der Waals surface area contributed by atoms with Crippen LogP contribution in [0.4, 0.5) is 27.6 Å². The van der Waals surface area contributed by atoms with Gasteiger partial charge in [0.05, 0.1) is 4.92 Å². The third-order valence-electron chi connectivity index (χ3n) is 1.54. The Morgan fingerprint density at radius 2 is 1.37 bits per heavy atom. The molecule has 0 aromatic heterocycles. The predicted molar refractivity (Wildman–Crippen MR) is 60.7 cm³/mol. The van der Waals surface area contributed by atoms with E-state index in [4.69, 9.17) is 0 Å². The zero-order valence-electron chi connectivity index (χ0n) is 10.8. The molecule has 0 N–H and O–H groups in total. The molecule has 3 nitrogen and oxygen atoms in total. The van der Waals surface area contributed by atoms with E-state index in [1.165, 1.54) is 0 Å². The molecule has 0 amide bonds. The summed E-state index contributed by atoms with van der Waals surface area (Å²) >= 11 is 0. The van der Waals surface area contributed by atoms with Crippen LogP contribution >= 0.6 is 0 Å². The topological polar surface area (TPSA) is 43.1 Å². The first-order chi connectivity index (χ1) is 8.75. The molecule has 0 aliphatic carbocycles. The van der Waals surface area contributed by atoms with Gasteiger partial charge in [0.2, 0.25) is 5.82 Å². The highest BCUT2D eigenvalue weighted by Gasteiger charge is 2.43. The Kier molecular flexibility index (Phi) is 8.65. The van der Waals surface area contributed by atoms with Gasteiger partial charge >= 0.3 is 11.9 Å². The van der Waals surface area contributed by atoms with Gasteiger partial charge in [0.15, 0.2) is 5.56 Å². The summed E-state index contributed by atoms with van der Waals surface area (Å²) in [6, 6.07) is 0.452. The average molecular weight is 287 g/mol. The zero-order chi connectivity index (χ0) is 15.8. The van der Waals surface area contributed by atoms with Crippen LogP contribution in [0.2, 0.25) is 0 Å². The SMILES string of the molecule is CC.CC.O=[N+]([O-])c1c(F)ccc(F)c1C(F)(F)F. The molecule has 19 heavy (non-hydrogen) atoms. The lowest BCUT2D eigenvalue weighted by Gasteiger charge is -2.08. The minimum atomic E-state index is -5.31. The Labute approximate surface area is 107 Å². The summed E-state index contributed by atoms with van der Waals surface area (Å²) < 4.78 is 61.8. The molecule has 0 saturated carbocycles. The van der Waals surface area contributed by atoms with Crippen molar-refractivity contribution in [2.75, 3.05) is 0 Å². The second-order valence-corrected chi connectivity index (χ2v) is 2.51. The van der Waals surface area contributed by atoms with Crippen molar-refractivity contribution in [3.63, 3.8) is 0 Å². The molecule has 1 aromatic rings. The third kappa shape index (κ3) is 5.19. The maximum atomic E-state index is 12.7. The lowest BCUT2D eigenvalue weighted by Crippen LogP contribution is -2.13. The molecule has 0 saturated heterocycles. The van der Waals surface area contributed by atoms with Gasteiger partial charge in [0.1, 0.15) is 5.82 Å². The van der Waals surface area contributed by atoms with E-state index in [-0.39, 0.29) is 12.1 Å². The van der Waals surface area contributed by atoms with Crippen LogP contribution in [-0.2, 0) is 6.18 Å². The Balaban J connectivity index is 0. The average Bonchev–Trinajstić information content (AvgIpc) is 2.35. The second kappa shape index (κ2) is 8.39. The van der Waals surface area contributed by atoms with E-state index in [0.29, 0.717) is 0 Å². The van der Waals surface area contributed by atoms with Crippen LogP contribution in [0.5, 0.6) is 0 Å². The maximum Gasteiger partial charge on any atom is 0.425 e. The van der Waals surface area contributed by atoms with Crippen molar-refractivity contribution in [3.05, 3.63) is 39.4 Å². The van der Waals surface area contributed by atoms with Crippen LogP contribution in [0.1, 0.15) is 33.3 Å². The number of nitro groups is 1. The summed E-state index contributed by atoms with van der Waals surface area (Å²) in [6.07, 6.45) is -5.31. The van der Waals surface area contributed by atoms with E-state index < -0.39 is 34.0 Å². The summed E-state index contributed by atoms with van der Waals surface area (Å²) in [5.41, 5.74) is -4.10. The first-order valence-corrected chi connectivity index (χ1v) is 5.44. The van der Waals surface area contributed by atoms with Crippen molar-refractivity contribution >= 4 is 5.69 Å². The maximum absolute atomic E-state index is 12.7. The molecule has 0 radical (unpaired) electrons. The lowest BCUT2D eigenvalue weighted by atomic mass is 10.1.